The van der Waals surface area contributed by atoms with Crippen LogP contribution in [0.4, 0.5) is 11.4 Å². The third-order valence-corrected chi connectivity index (χ3v) is 5.19. The summed E-state index contributed by atoms with van der Waals surface area (Å²) in [5.41, 5.74) is 2.77. The van der Waals surface area contributed by atoms with Crippen molar-refractivity contribution in [2.45, 2.75) is 5.16 Å². The molecule has 0 saturated heterocycles. The predicted octanol–water partition coefficient (Wildman–Crippen LogP) is 4.66. The van der Waals surface area contributed by atoms with E-state index in [0.717, 1.165) is 16.7 Å². The van der Waals surface area contributed by atoms with E-state index in [-0.39, 0.29) is 23.0 Å². The first-order valence-electron chi connectivity index (χ1n) is 8.82. The highest BCUT2D eigenvalue weighted by atomic mass is 32.2. The summed E-state index contributed by atoms with van der Waals surface area (Å²) in [6.07, 6.45) is 0. The van der Waals surface area contributed by atoms with Gasteiger partial charge in [0.2, 0.25) is 5.91 Å². The van der Waals surface area contributed by atoms with E-state index in [1.165, 1.54) is 23.9 Å². The van der Waals surface area contributed by atoms with E-state index in [4.69, 9.17) is 0 Å². The maximum absolute atomic E-state index is 12.4. The molecule has 8 heteroatoms. The molecule has 144 valence electrons. The number of anilines is 1. The number of aromatic nitrogens is 2. The Morgan fingerprint density at radius 1 is 1.00 bits per heavy atom. The van der Waals surface area contributed by atoms with E-state index in [1.807, 2.05) is 59.2 Å². The number of carbonyl (C=O) groups is 1. The van der Waals surface area contributed by atoms with E-state index in [9.17, 15) is 14.9 Å². The van der Waals surface area contributed by atoms with Crippen LogP contribution in [0, 0.1) is 10.1 Å². The van der Waals surface area contributed by atoms with Crippen molar-refractivity contribution in [1.82, 2.24) is 9.55 Å². The summed E-state index contributed by atoms with van der Waals surface area (Å²) in [4.78, 5) is 27.7. The number of imidazole rings is 1. The van der Waals surface area contributed by atoms with Gasteiger partial charge in [0.15, 0.2) is 5.16 Å². The summed E-state index contributed by atoms with van der Waals surface area (Å²) < 4.78 is 2.00. The number of nitrogens with one attached hydrogen (secondary N) is 1. The van der Waals surface area contributed by atoms with E-state index in [1.54, 1.807) is 12.1 Å². The zero-order valence-corrected chi connectivity index (χ0v) is 16.0. The van der Waals surface area contributed by atoms with Crippen molar-refractivity contribution in [1.29, 1.82) is 0 Å². The molecule has 3 aromatic carbocycles. The fraction of sp³-hybridized carbons (Fsp3) is 0.0476. The molecule has 0 aliphatic rings. The Kier molecular flexibility index (Phi) is 5.26. The first-order chi connectivity index (χ1) is 14.1. The smallest absolute Gasteiger partial charge is 0.292 e. The number of thioether (sulfide) groups is 1. The van der Waals surface area contributed by atoms with Crippen LogP contribution < -0.4 is 5.32 Å². The molecule has 0 radical (unpaired) electrons. The lowest BCUT2D eigenvalue weighted by Gasteiger charge is -2.09. The number of carbonyl (C=O) groups excluding carboxylic acids is 1. The summed E-state index contributed by atoms with van der Waals surface area (Å²) in [6, 6.07) is 23.6. The maximum Gasteiger partial charge on any atom is 0.292 e. The number of para-hydroxylation sites is 5. The highest BCUT2D eigenvalue weighted by Crippen LogP contribution is 2.28. The van der Waals surface area contributed by atoms with Gasteiger partial charge in [-0.25, -0.2) is 4.98 Å². The van der Waals surface area contributed by atoms with Crippen molar-refractivity contribution < 1.29 is 9.72 Å². The van der Waals surface area contributed by atoms with Gasteiger partial charge in [-0.05, 0) is 30.3 Å². The molecule has 0 fully saturated rings. The summed E-state index contributed by atoms with van der Waals surface area (Å²) in [7, 11) is 0. The molecule has 4 rings (SSSR count). The molecular weight excluding hydrogens is 388 g/mol. The second-order valence-electron chi connectivity index (χ2n) is 6.17. The lowest BCUT2D eigenvalue weighted by molar-refractivity contribution is -0.383. The van der Waals surface area contributed by atoms with Crippen molar-refractivity contribution in [3.05, 3.63) is 89.0 Å². The minimum absolute atomic E-state index is 0.0716. The molecule has 0 saturated carbocycles. The first kappa shape index (κ1) is 18.7. The van der Waals surface area contributed by atoms with Crippen LogP contribution in [0.25, 0.3) is 16.7 Å². The zero-order chi connectivity index (χ0) is 20.2. The highest BCUT2D eigenvalue weighted by Gasteiger charge is 2.17. The molecule has 0 unspecified atom stereocenters. The molecule has 1 aromatic heterocycles. The van der Waals surface area contributed by atoms with Gasteiger partial charge in [-0.15, -0.1) is 0 Å². The van der Waals surface area contributed by atoms with Crippen molar-refractivity contribution >= 4 is 40.1 Å². The number of nitro benzene ring substituents is 1. The molecule has 29 heavy (non-hydrogen) atoms. The molecule has 0 aliphatic heterocycles. The predicted molar refractivity (Wildman–Crippen MR) is 114 cm³/mol. The summed E-state index contributed by atoms with van der Waals surface area (Å²) in [5.74, 6) is -0.265. The van der Waals surface area contributed by atoms with E-state index in [0.29, 0.717) is 5.16 Å². The van der Waals surface area contributed by atoms with Crippen molar-refractivity contribution in [3.63, 3.8) is 0 Å². The fourth-order valence-electron chi connectivity index (χ4n) is 2.98. The summed E-state index contributed by atoms with van der Waals surface area (Å²) >= 11 is 1.28. The molecule has 0 spiro atoms. The lowest BCUT2D eigenvalue weighted by atomic mass is 10.2. The second kappa shape index (κ2) is 8.15. The summed E-state index contributed by atoms with van der Waals surface area (Å²) in [6.45, 7) is 0. The van der Waals surface area contributed by atoms with Crippen LogP contribution in [0.3, 0.4) is 0 Å². The molecule has 1 N–H and O–H groups in total. The van der Waals surface area contributed by atoms with Crippen LogP contribution in [0.2, 0.25) is 0 Å². The van der Waals surface area contributed by atoms with Gasteiger partial charge in [0.25, 0.3) is 5.69 Å². The number of nitrogens with zero attached hydrogens (tertiary/aromatic N) is 3. The van der Waals surface area contributed by atoms with Gasteiger partial charge in [0.1, 0.15) is 5.69 Å². The third-order valence-electron chi connectivity index (χ3n) is 4.25. The number of fused-ring (bicyclic) bond motifs is 1. The van der Waals surface area contributed by atoms with Crippen molar-refractivity contribution in [2.75, 3.05) is 11.1 Å². The summed E-state index contributed by atoms with van der Waals surface area (Å²) in [5, 5.41) is 14.4. The minimum atomic E-state index is -0.516. The Labute approximate surface area is 170 Å². The molecule has 1 amide bonds. The number of nitro groups is 1. The van der Waals surface area contributed by atoms with Crippen LogP contribution in [0.15, 0.2) is 84.0 Å². The Hall–Kier alpha value is -3.65. The fourth-order valence-corrected chi connectivity index (χ4v) is 3.81. The van der Waals surface area contributed by atoms with Gasteiger partial charge >= 0.3 is 0 Å². The molecular formula is C21H16N4O3S. The standard InChI is InChI=1S/C21H16N4O3S/c26-20(22-17-11-5-7-13-19(17)25(27)28)14-29-21-23-16-10-4-6-12-18(16)24(21)15-8-2-1-3-9-15/h1-13H,14H2,(H,22,26). The quantitative estimate of drug-likeness (QED) is 0.287. The topological polar surface area (TPSA) is 90.1 Å². The minimum Gasteiger partial charge on any atom is -0.320 e. The number of hydrogen-bond acceptors (Lipinski definition) is 5. The largest absolute Gasteiger partial charge is 0.320 e. The van der Waals surface area contributed by atoms with E-state index >= 15 is 0 Å². The van der Waals surface area contributed by atoms with E-state index < -0.39 is 4.92 Å². The maximum atomic E-state index is 12.4. The molecule has 4 aromatic rings. The molecule has 1 heterocycles. The van der Waals surface area contributed by atoms with Crippen LogP contribution in [-0.4, -0.2) is 26.1 Å². The van der Waals surface area contributed by atoms with Gasteiger partial charge in [0, 0.05) is 11.8 Å². The molecule has 0 bridgehead atoms. The van der Waals surface area contributed by atoms with Crippen LogP contribution in [-0.2, 0) is 4.79 Å². The number of benzene rings is 3. The first-order valence-corrected chi connectivity index (χ1v) is 9.81. The molecule has 0 atom stereocenters. The number of amides is 1. The Morgan fingerprint density at radius 3 is 2.48 bits per heavy atom. The van der Waals surface area contributed by atoms with Gasteiger partial charge < -0.3 is 5.32 Å². The van der Waals surface area contributed by atoms with Crippen LogP contribution in [0.5, 0.6) is 0 Å². The highest BCUT2D eigenvalue weighted by molar-refractivity contribution is 7.99. The third kappa shape index (κ3) is 3.97. The Morgan fingerprint density at radius 2 is 1.69 bits per heavy atom. The van der Waals surface area contributed by atoms with Gasteiger partial charge in [0.05, 0.1) is 21.7 Å². The van der Waals surface area contributed by atoms with Crippen LogP contribution >= 0.6 is 11.8 Å². The number of rotatable bonds is 6. The number of hydrogen-bond donors (Lipinski definition) is 1. The van der Waals surface area contributed by atoms with Crippen LogP contribution in [0.1, 0.15) is 0 Å². The Bertz CT molecular complexity index is 1190. The zero-order valence-electron chi connectivity index (χ0n) is 15.2. The van der Waals surface area contributed by atoms with Crippen molar-refractivity contribution in [2.24, 2.45) is 0 Å². The second-order valence-corrected chi connectivity index (χ2v) is 7.11. The monoisotopic (exact) mass is 404 g/mol. The van der Waals surface area contributed by atoms with Gasteiger partial charge in [-0.2, -0.15) is 0 Å². The van der Waals surface area contributed by atoms with Crippen molar-refractivity contribution in [3.8, 4) is 5.69 Å². The molecule has 0 aliphatic carbocycles. The normalized spacial score (nSPS) is 10.8. The van der Waals surface area contributed by atoms with Gasteiger partial charge in [-0.3, -0.25) is 19.5 Å². The average Bonchev–Trinajstić information content (AvgIpc) is 3.11. The SMILES string of the molecule is O=C(CSc1nc2ccccc2n1-c1ccccc1)Nc1ccccc1[N+](=O)[O-]. The van der Waals surface area contributed by atoms with Gasteiger partial charge in [-0.1, -0.05) is 54.2 Å². The average molecular weight is 404 g/mol. The Balaban J connectivity index is 1.58. The lowest BCUT2D eigenvalue weighted by Crippen LogP contribution is -2.15. The van der Waals surface area contributed by atoms with E-state index in [2.05, 4.69) is 10.3 Å². The molecule has 7 nitrogen and oxygen atoms in total.